The van der Waals surface area contributed by atoms with Gasteiger partial charge in [0.1, 0.15) is 0 Å². The summed E-state index contributed by atoms with van der Waals surface area (Å²) in [6.07, 6.45) is 4.20. The van der Waals surface area contributed by atoms with Crippen molar-refractivity contribution in [2.75, 3.05) is 0 Å². The van der Waals surface area contributed by atoms with Crippen molar-refractivity contribution in [1.29, 1.82) is 0 Å². The number of hydrogen-bond donors (Lipinski definition) is 1. The lowest BCUT2D eigenvalue weighted by Crippen LogP contribution is -2.20. The van der Waals surface area contributed by atoms with Gasteiger partial charge in [-0.2, -0.15) is 5.10 Å². The van der Waals surface area contributed by atoms with Gasteiger partial charge in [0.2, 0.25) is 0 Å². The van der Waals surface area contributed by atoms with Crippen LogP contribution in [0.15, 0.2) is 41.6 Å². The molecule has 0 spiro atoms. The zero-order chi connectivity index (χ0) is 16.6. The molecule has 3 rings (SSSR count). The Morgan fingerprint density at radius 3 is 2.70 bits per heavy atom. The summed E-state index contributed by atoms with van der Waals surface area (Å²) in [7, 11) is -3.65. The molecule has 2 atom stereocenters. The molecule has 0 aliphatic heterocycles. The molecule has 0 unspecified atom stereocenters. The van der Waals surface area contributed by atoms with Crippen molar-refractivity contribution < 1.29 is 18.3 Å². The average molecular weight is 355 g/mol. The molecule has 0 amide bonds. The number of aliphatic carboxylic acids is 1. The van der Waals surface area contributed by atoms with E-state index >= 15 is 0 Å². The van der Waals surface area contributed by atoms with Crippen LogP contribution < -0.4 is 0 Å². The topological polar surface area (TPSA) is 89.3 Å². The molecule has 23 heavy (non-hydrogen) atoms. The molecule has 1 aliphatic carbocycles. The molecule has 1 aromatic heterocycles. The molecule has 0 bridgehead atoms. The summed E-state index contributed by atoms with van der Waals surface area (Å²) in [5.41, 5.74) is 0.661. The highest BCUT2D eigenvalue weighted by atomic mass is 35.5. The molecule has 8 heteroatoms. The first-order valence-electron chi connectivity index (χ1n) is 7.16. The first kappa shape index (κ1) is 16.0. The normalized spacial score (nSPS) is 21.4. The van der Waals surface area contributed by atoms with Gasteiger partial charge in [-0.25, -0.2) is 13.1 Å². The molecule has 0 radical (unpaired) electrons. The Kier molecular flexibility index (Phi) is 4.16. The fourth-order valence-corrected chi connectivity index (χ4v) is 5.29. The summed E-state index contributed by atoms with van der Waals surface area (Å²) >= 11 is 6.17. The quantitative estimate of drug-likeness (QED) is 0.911. The maximum absolute atomic E-state index is 12.7. The molecule has 1 heterocycles. The van der Waals surface area contributed by atoms with Crippen LogP contribution >= 0.6 is 11.6 Å². The van der Waals surface area contributed by atoms with Gasteiger partial charge < -0.3 is 5.11 Å². The summed E-state index contributed by atoms with van der Waals surface area (Å²) < 4.78 is 27.0. The van der Waals surface area contributed by atoms with Gasteiger partial charge in [0.15, 0.2) is 9.84 Å². The summed E-state index contributed by atoms with van der Waals surface area (Å²) in [5, 5.41) is 12.5. The van der Waals surface area contributed by atoms with Gasteiger partial charge in [0, 0.05) is 12.4 Å². The molecule has 1 fully saturated rings. The van der Waals surface area contributed by atoms with E-state index in [1.165, 1.54) is 6.07 Å². The van der Waals surface area contributed by atoms with Crippen LogP contribution in [0.25, 0.3) is 5.69 Å². The van der Waals surface area contributed by atoms with Gasteiger partial charge in [0.05, 0.1) is 26.8 Å². The first-order valence-corrected chi connectivity index (χ1v) is 9.08. The first-order chi connectivity index (χ1) is 10.9. The minimum Gasteiger partial charge on any atom is -0.481 e. The highest BCUT2D eigenvalue weighted by Crippen LogP contribution is 2.36. The van der Waals surface area contributed by atoms with E-state index < -0.39 is 27.0 Å². The van der Waals surface area contributed by atoms with Crippen molar-refractivity contribution in [2.24, 2.45) is 5.92 Å². The fourth-order valence-electron chi connectivity index (χ4n) is 2.91. The van der Waals surface area contributed by atoms with Crippen molar-refractivity contribution in [1.82, 2.24) is 9.78 Å². The fraction of sp³-hybridized carbons (Fsp3) is 0.333. The number of carboxylic acids is 1. The number of sulfone groups is 1. The predicted molar refractivity (Wildman–Crippen MR) is 84.5 cm³/mol. The van der Waals surface area contributed by atoms with Gasteiger partial charge in [0.25, 0.3) is 0 Å². The second kappa shape index (κ2) is 5.98. The van der Waals surface area contributed by atoms with E-state index in [-0.39, 0.29) is 16.3 Å². The molecule has 1 N–H and O–H groups in total. The lowest BCUT2D eigenvalue weighted by Gasteiger charge is -2.14. The Hall–Kier alpha value is -1.86. The number of carbonyl (C=O) groups is 1. The molecule has 6 nitrogen and oxygen atoms in total. The second-order valence-electron chi connectivity index (χ2n) is 5.58. The molecule has 122 valence electrons. The second-order valence-corrected chi connectivity index (χ2v) is 8.18. The van der Waals surface area contributed by atoms with Gasteiger partial charge in [-0.3, -0.25) is 4.79 Å². The smallest absolute Gasteiger partial charge is 0.306 e. The largest absolute Gasteiger partial charge is 0.481 e. The van der Waals surface area contributed by atoms with Gasteiger partial charge >= 0.3 is 5.97 Å². The van der Waals surface area contributed by atoms with Crippen LogP contribution in [0.4, 0.5) is 0 Å². The number of benzene rings is 1. The summed E-state index contributed by atoms with van der Waals surface area (Å²) in [6, 6.07) is 6.40. The van der Waals surface area contributed by atoms with E-state index in [1.54, 1.807) is 35.3 Å². The third-order valence-corrected chi connectivity index (χ3v) is 6.86. The lowest BCUT2D eigenvalue weighted by molar-refractivity contribution is -0.141. The minimum absolute atomic E-state index is 0.0473. The van der Waals surface area contributed by atoms with Gasteiger partial charge in [-0.05, 0) is 43.5 Å². The SMILES string of the molecule is O=C(O)[C@@H]1CC[C@@H](S(=O)(=O)c2ccc(-n3cccn3)cc2Cl)C1. The summed E-state index contributed by atoms with van der Waals surface area (Å²) in [5.74, 6) is -1.54. The number of halogens is 1. The van der Waals surface area contributed by atoms with Crippen LogP contribution in [0.2, 0.25) is 5.02 Å². The van der Waals surface area contributed by atoms with Crippen LogP contribution in [-0.4, -0.2) is 34.5 Å². The van der Waals surface area contributed by atoms with E-state index in [0.717, 1.165) is 0 Å². The van der Waals surface area contributed by atoms with Gasteiger partial charge in [-0.1, -0.05) is 11.6 Å². The van der Waals surface area contributed by atoms with E-state index in [1.807, 2.05) is 0 Å². The van der Waals surface area contributed by atoms with Crippen molar-refractivity contribution in [3.8, 4) is 5.69 Å². The lowest BCUT2D eigenvalue weighted by atomic mass is 10.1. The Bertz CT molecular complexity index is 833. The van der Waals surface area contributed by atoms with E-state index in [2.05, 4.69) is 5.10 Å². The zero-order valence-corrected chi connectivity index (χ0v) is 13.7. The highest BCUT2D eigenvalue weighted by Gasteiger charge is 2.39. The van der Waals surface area contributed by atoms with Gasteiger partial charge in [-0.15, -0.1) is 0 Å². The molecular formula is C15H15ClN2O4S. The Morgan fingerprint density at radius 1 is 1.35 bits per heavy atom. The maximum atomic E-state index is 12.7. The van der Waals surface area contributed by atoms with E-state index in [4.69, 9.17) is 16.7 Å². The molecular weight excluding hydrogens is 340 g/mol. The van der Waals surface area contributed by atoms with Crippen LogP contribution in [0.1, 0.15) is 19.3 Å². The average Bonchev–Trinajstić information content (AvgIpc) is 3.18. The van der Waals surface area contributed by atoms with Crippen molar-refractivity contribution >= 4 is 27.4 Å². The number of carboxylic acid groups (broad SMARTS) is 1. The summed E-state index contributed by atoms with van der Waals surface area (Å²) in [4.78, 5) is 11.1. The third-order valence-electron chi connectivity index (χ3n) is 4.16. The van der Waals surface area contributed by atoms with Crippen LogP contribution in [0, 0.1) is 5.92 Å². The number of hydrogen-bond acceptors (Lipinski definition) is 4. The number of aromatic nitrogens is 2. The Labute approximate surface area is 138 Å². The third kappa shape index (κ3) is 2.98. The van der Waals surface area contributed by atoms with Crippen molar-refractivity contribution in [2.45, 2.75) is 29.4 Å². The van der Waals surface area contributed by atoms with Crippen LogP contribution in [0.5, 0.6) is 0 Å². The zero-order valence-electron chi connectivity index (χ0n) is 12.1. The molecule has 2 aromatic rings. The monoisotopic (exact) mass is 354 g/mol. The number of nitrogens with zero attached hydrogens (tertiary/aromatic N) is 2. The molecule has 0 saturated heterocycles. The Balaban J connectivity index is 1.90. The van der Waals surface area contributed by atoms with Crippen molar-refractivity contribution in [3.05, 3.63) is 41.7 Å². The Morgan fingerprint density at radius 2 is 2.13 bits per heavy atom. The maximum Gasteiger partial charge on any atom is 0.306 e. The predicted octanol–water partition coefficient (Wildman–Crippen LogP) is 2.55. The van der Waals surface area contributed by atoms with Crippen LogP contribution in [-0.2, 0) is 14.6 Å². The summed E-state index contributed by atoms with van der Waals surface area (Å²) in [6.45, 7) is 0. The van der Waals surface area contributed by atoms with Crippen molar-refractivity contribution in [3.63, 3.8) is 0 Å². The standard InChI is InChI=1S/C15H15ClN2O4S/c16-13-9-11(18-7-1-6-17-18)3-5-14(13)23(21,22)12-4-2-10(8-12)15(19)20/h1,3,5-7,9-10,12H,2,4,8H2,(H,19,20)/t10-,12-/m1/s1. The highest BCUT2D eigenvalue weighted by molar-refractivity contribution is 7.92. The van der Waals surface area contributed by atoms with E-state index in [9.17, 15) is 13.2 Å². The minimum atomic E-state index is -3.65. The van der Waals surface area contributed by atoms with E-state index in [0.29, 0.717) is 18.5 Å². The molecule has 1 aliphatic rings. The molecule has 1 aromatic carbocycles. The molecule has 1 saturated carbocycles. The van der Waals surface area contributed by atoms with Crippen LogP contribution in [0.3, 0.4) is 0 Å². The number of rotatable bonds is 4.